The van der Waals surface area contributed by atoms with Crippen LogP contribution in [0.25, 0.3) is 0 Å². The highest BCUT2D eigenvalue weighted by atomic mass is 35.5. The van der Waals surface area contributed by atoms with E-state index in [9.17, 15) is 13.2 Å². The number of thioether (sulfide) groups is 1. The lowest BCUT2D eigenvalue weighted by atomic mass is 10.1. The Bertz CT molecular complexity index is 748. The van der Waals surface area contributed by atoms with E-state index in [0.29, 0.717) is 37.4 Å². The van der Waals surface area contributed by atoms with Crippen LogP contribution >= 0.6 is 24.2 Å². The van der Waals surface area contributed by atoms with Crippen LogP contribution in [0.15, 0.2) is 17.2 Å². The van der Waals surface area contributed by atoms with Gasteiger partial charge in [-0.05, 0) is 25.3 Å². The number of aromatic nitrogens is 1. The molecule has 1 aromatic rings. The van der Waals surface area contributed by atoms with E-state index in [0.717, 1.165) is 30.9 Å². The van der Waals surface area contributed by atoms with Crippen molar-refractivity contribution in [1.29, 1.82) is 0 Å². The number of rotatable bonds is 3. The Kier molecular flexibility index (Phi) is 6.23. The molecule has 3 fully saturated rings. The average Bonchev–Trinajstić information content (AvgIpc) is 3.22. The number of likely N-dealkylation sites (tertiary alicyclic amines) is 1. The number of nitrogens with zero attached hydrogens (tertiary/aromatic N) is 2. The molecule has 2 bridgehead atoms. The van der Waals surface area contributed by atoms with Gasteiger partial charge >= 0.3 is 0 Å². The average molecular weight is 421 g/mol. The maximum absolute atomic E-state index is 12.8. The van der Waals surface area contributed by atoms with Crippen molar-refractivity contribution in [3.8, 4) is 0 Å². The second-order valence-corrected chi connectivity index (χ2v) is 10.1. The van der Waals surface area contributed by atoms with E-state index in [-0.39, 0.29) is 23.2 Å². The van der Waals surface area contributed by atoms with Crippen molar-refractivity contribution >= 4 is 40.1 Å². The fraction of sp³-hybridized carbons (Fsp3) is 0.688. The summed E-state index contributed by atoms with van der Waals surface area (Å²) < 4.78 is 27.0. The van der Waals surface area contributed by atoms with Gasteiger partial charge in [-0.15, -0.1) is 12.4 Å². The van der Waals surface area contributed by atoms with E-state index in [1.807, 2.05) is 4.90 Å². The summed E-state index contributed by atoms with van der Waals surface area (Å²) in [6.45, 7) is 2.47. The minimum atomic E-state index is -3.52. The fourth-order valence-electron chi connectivity index (χ4n) is 3.88. The summed E-state index contributed by atoms with van der Waals surface area (Å²) in [6, 6.07) is 2.37. The highest BCUT2D eigenvalue weighted by Crippen LogP contribution is 2.24. The predicted octanol–water partition coefficient (Wildman–Crippen LogP) is 1.14. The van der Waals surface area contributed by atoms with Crippen LogP contribution in [-0.2, 0) is 10.0 Å². The third kappa shape index (κ3) is 3.91. The minimum absolute atomic E-state index is 0. The molecular formula is C16H25ClN4O3S2. The predicted molar refractivity (Wildman–Crippen MR) is 105 cm³/mol. The largest absolute Gasteiger partial charge is 0.356 e. The quantitative estimate of drug-likeness (QED) is 0.765. The van der Waals surface area contributed by atoms with Crippen LogP contribution < -0.4 is 5.32 Å². The molecule has 0 saturated carbocycles. The summed E-state index contributed by atoms with van der Waals surface area (Å²) >= 11 is 1.77. The molecule has 2 atom stereocenters. The Morgan fingerprint density at radius 1 is 1.12 bits per heavy atom. The smallest absolute Gasteiger partial charge is 0.270 e. The first-order chi connectivity index (χ1) is 12.0. The van der Waals surface area contributed by atoms with Gasteiger partial charge in [0.15, 0.2) is 0 Å². The van der Waals surface area contributed by atoms with Crippen molar-refractivity contribution < 1.29 is 13.2 Å². The van der Waals surface area contributed by atoms with Crippen LogP contribution in [0.2, 0.25) is 0 Å². The first-order valence-electron chi connectivity index (χ1n) is 8.86. The molecule has 146 valence electrons. The Morgan fingerprint density at radius 3 is 2.62 bits per heavy atom. The molecule has 0 aromatic carbocycles. The highest BCUT2D eigenvalue weighted by Gasteiger charge is 2.33. The van der Waals surface area contributed by atoms with Crippen LogP contribution in [0, 0.1) is 0 Å². The zero-order valence-corrected chi connectivity index (χ0v) is 17.0. The number of aromatic amines is 1. The number of hydrogen-bond donors (Lipinski definition) is 2. The molecule has 3 aliphatic rings. The standard InChI is InChI=1S/C16H24N4O3S2.ClH/c21-16(19-4-3-12-1-2-13(11-19)18-12)15-9-14(10-17-15)25(22,23)20-5-7-24-8-6-20;/h9-10,12-13,17-18H,1-8,11H2;1H. The molecule has 1 amide bonds. The Balaban J connectivity index is 0.00000196. The second-order valence-electron chi connectivity index (χ2n) is 6.94. The number of sulfonamides is 1. The number of halogens is 1. The van der Waals surface area contributed by atoms with Gasteiger partial charge in [-0.1, -0.05) is 0 Å². The van der Waals surface area contributed by atoms with Gasteiger partial charge in [0.25, 0.3) is 5.91 Å². The molecule has 4 rings (SSSR count). The SMILES string of the molecule is Cl.O=C(c1cc(S(=O)(=O)N2CCSCC2)c[nH]1)N1CCC2CCC(C1)N2. The molecule has 7 nitrogen and oxygen atoms in total. The van der Waals surface area contributed by atoms with E-state index in [4.69, 9.17) is 0 Å². The summed E-state index contributed by atoms with van der Waals surface area (Å²) in [7, 11) is -3.52. The van der Waals surface area contributed by atoms with Gasteiger partial charge in [-0.25, -0.2) is 8.42 Å². The number of carbonyl (C=O) groups is 1. The zero-order chi connectivity index (χ0) is 17.4. The van der Waals surface area contributed by atoms with Gasteiger partial charge in [0, 0.05) is 56.0 Å². The third-order valence-electron chi connectivity index (χ3n) is 5.31. The molecule has 3 aliphatic heterocycles. The van der Waals surface area contributed by atoms with Crippen molar-refractivity contribution in [3.63, 3.8) is 0 Å². The van der Waals surface area contributed by atoms with E-state index in [1.54, 1.807) is 11.8 Å². The maximum atomic E-state index is 12.8. The van der Waals surface area contributed by atoms with Crippen molar-refractivity contribution in [2.24, 2.45) is 0 Å². The Labute approximate surface area is 164 Å². The zero-order valence-electron chi connectivity index (χ0n) is 14.5. The number of amides is 1. The van der Waals surface area contributed by atoms with Crippen LogP contribution in [0.3, 0.4) is 0 Å². The number of carbonyl (C=O) groups excluding carboxylic acids is 1. The van der Waals surface area contributed by atoms with Crippen molar-refractivity contribution in [2.45, 2.75) is 36.2 Å². The summed E-state index contributed by atoms with van der Waals surface area (Å²) in [4.78, 5) is 17.7. The lowest BCUT2D eigenvalue weighted by molar-refractivity contribution is 0.0743. The summed E-state index contributed by atoms with van der Waals surface area (Å²) in [5.41, 5.74) is 0.364. The van der Waals surface area contributed by atoms with Crippen molar-refractivity contribution in [1.82, 2.24) is 19.5 Å². The topological polar surface area (TPSA) is 85.5 Å². The van der Waals surface area contributed by atoms with Crippen LogP contribution in [0.1, 0.15) is 29.8 Å². The van der Waals surface area contributed by atoms with Gasteiger partial charge in [-0.2, -0.15) is 16.1 Å². The molecule has 0 aliphatic carbocycles. The van der Waals surface area contributed by atoms with E-state index < -0.39 is 10.0 Å². The number of H-pyrrole nitrogens is 1. The maximum Gasteiger partial charge on any atom is 0.270 e. The minimum Gasteiger partial charge on any atom is -0.356 e. The van der Waals surface area contributed by atoms with Crippen molar-refractivity contribution in [3.05, 3.63) is 18.0 Å². The van der Waals surface area contributed by atoms with Crippen LogP contribution in [-0.4, -0.2) is 78.3 Å². The molecule has 3 saturated heterocycles. The molecular weight excluding hydrogens is 396 g/mol. The van der Waals surface area contributed by atoms with Gasteiger partial charge in [-0.3, -0.25) is 4.79 Å². The second kappa shape index (κ2) is 8.10. The third-order valence-corrected chi connectivity index (χ3v) is 8.12. The van der Waals surface area contributed by atoms with Crippen LogP contribution in [0.5, 0.6) is 0 Å². The number of hydrogen-bond acceptors (Lipinski definition) is 5. The Hall–Kier alpha value is -0.740. The van der Waals surface area contributed by atoms with Gasteiger partial charge in [0.05, 0.1) is 0 Å². The van der Waals surface area contributed by atoms with Gasteiger partial charge < -0.3 is 15.2 Å². The molecule has 26 heavy (non-hydrogen) atoms. The first-order valence-corrected chi connectivity index (χ1v) is 11.4. The van der Waals surface area contributed by atoms with E-state index in [1.165, 1.54) is 23.0 Å². The van der Waals surface area contributed by atoms with Gasteiger partial charge in [0.1, 0.15) is 10.6 Å². The molecule has 10 heteroatoms. The molecule has 2 unspecified atom stereocenters. The Morgan fingerprint density at radius 2 is 1.85 bits per heavy atom. The molecule has 2 N–H and O–H groups in total. The fourth-order valence-corrected chi connectivity index (χ4v) is 6.45. The van der Waals surface area contributed by atoms with Crippen LogP contribution in [0.4, 0.5) is 0 Å². The number of nitrogens with one attached hydrogen (secondary N) is 2. The lowest BCUT2D eigenvalue weighted by Gasteiger charge is -2.25. The summed E-state index contributed by atoms with van der Waals surface area (Å²) in [5.74, 6) is 1.53. The molecule has 0 radical (unpaired) electrons. The normalized spacial score (nSPS) is 27.0. The molecule has 4 heterocycles. The first kappa shape index (κ1) is 20.0. The summed E-state index contributed by atoms with van der Waals surface area (Å²) in [5, 5.41) is 3.55. The van der Waals surface area contributed by atoms with Crippen molar-refractivity contribution in [2.75, 3.05) is 37.7 Å². The monoisotopic (exact) mass is 420 g/mol. The molecule has 1 aromatic heterocycles. The highest BCUT2D eigenvalue weighted by molar-refractivity contribution is 7.99. The number of fused-ring (bicyclic) bond motifs is 2. The molecule has 0 spiro atoms. The van der Waals surface area contributed by atoms with Gasteiger partial charge in [0.2, 0.25) is 10.0 Å². The van der Waals surface area contributed by atoms with E-state index >= 15 is 0 Å². The summed E-state index contributed by atoms with van der Waals surface area (Å²) in [6.07, 6.45) is 4.70. The lowest BCUT2D eigenvalue weighted by Crippen LogP contribution is -2.39. The van der Waals surface area contributed by atoms with E-state index in [2.05, 4.69) is 10.3 Å².